The summed E-state index contributed by atoms with van der Waals surface area (Å²) in [6.07, 6.45) is 8.12. The van der Waals surface area contributed by atoms with E-state index in [2.05, 4.69) is 33.1 Å². The minimum atomic E-state index is -0.282. The standard InChI is InChI=1S/C24H26FN5O/c1-28-15-20(19-11-17(25)13-26-23(19)28)16-7-10-30(14-16)18-5-6-22-21(12-18)27-24(31-22)29-8-3-2-4-9-29/h5-6,11-13,15-16H,2-4,7-10,14H2,1H3. The van der Waals surface area contributed by atoms with Crippen LogP contribution in [0.5, 0.6) is 0 Å². The van der Waals surface area contributed by atoms with Crippen molar-refractivity contribution in [1.29, 1.82) is 0 Å². The number of hydrogen-bond donors (Lipinski definition) is 0. The molecule has 0 N–H and O–H groups in total. The van der Waals surface area contributed by atoms with E-state index in [0.717, 1.165) is 66.4 Å². The number of hydrogen-bond acceptors (Lipinski definition) is 5. The fourth-order valence-corrected chi connectivity index (χ4v) is 5.16. The third-order valence-electron chi connectivity index (χ3n) is 6.79. The van der Waals surface area contributed by atoms with Crippen molar-refractivity contribution in [1.82, 2.24) is 14.5 Å². The maximum Gasteiger partial charge on any atom is 0.298 e. The van der Waals surface area contributed by atoms with Crippen molar-refractivity contribution < 1.29 is 8.81 Å². The van der Waals surface area contributed by atoms with E-state index >= 15 is 0 Å². The van der Waals surface area contributed by atoms with E-state index in [9.17, 15) is 4.39 Å². The first-order valence-electron chi connectivity index (χ1n) is 11.2. The Bertz CT molecular complexity index is 1260. The first-order chi connectivity index (χ1) is 15.2. The summed E-state index contributed by atoms with van der Waals surface area (Å²) < 4.78 is 21.9. The number of aromatic nitrogens is 3. The van der Waals surface area contributed by atoms with Crippen molar-refractivity contribution in [3.05, 3.63) is 48.0 Å². The topological polar surface area (TPSA) is 50.3 Å². The van der Waals surface area contributed by atoms with Crippen LogP contribution < -0.4 is 9.80 Å². The Morgan fingerprint density at radius 1 is 1.06 bits per heavy atom. The van der Waals surface area contributed by atoms with Gasteiger partial charge in [-0.3, -0.25) is 0 Å². The van der Waals surface area contributed by atoms with Gasteiger partial charge in [0, 0.05) is 56.4 Å². The first kappa shape index (κ1) is 18.7. The summed E-state index contributed by atoms with van der Waals surface area (Å²) in [5.74, 6) is 0.0695. The Labute approximate surface area is 180 Å². The summed E-state index contributed by atoms with van der Waals surface area (Å²) in [7, 11) is 1.97. The van der Waals surface area contributed by atoms with Crippen molar-refractivity contribution >= 4 is 33.8 Å². The van der Waals surface area contributed by atoms with Gasteiger partial charge in [0.2, 0.25) is 0 Å². The number of benzene rings is 1. The van der Waals surface area contributed by atoms with Crippen LogP contribution in [0, 0.1) is 5.82 Å². The van der Waals surface area contributed by atoms with Gasteiger partial charge >= 0.3 is 0 Å². The quantitative estimate of drug-likeness (QED) is 0.476. The Hall–Kier alpha value is -3.09. The molecule has 3 aromatic heterocycles. The molecule has 6 rings (SSSR count). The van der Waals surface area contributed by atoms with Gasteiger partial charge in [0.05, 0.1) is 6.20 Å². The van der Waals surface area contributed by atoms with Gasteiger partial charge in [-0.05, 0) is 55.5 Å². The smallest absolute Gasteiger partial charge is 0.298 e. The van der Waals surface area contributed by atoms with E-state index in [-0.39, 0.29) is 5.82 Å². The Balaban J connectivity index is 1.26. The lowest BCUT2D eigenvalue weighted by atomic mass is 9.99. The monoisotopic (exact) mass is 419 g/mol. The molecule has 4 aromatic rings. The second-order valence-corrected chi connectivity index (χ2v) is 8.85. The van der Waals surface area contributed by atoms with Crippen LogP contribution in [0.1, 0.15) is 37.2 Å². The van der Waals surface area contributed by atoms with Crippen LogP contribution in [0.25, 0.3) is 22.1 Å². The molecule has 6 nitrogen and oxygen atoms in total. The number of anilines is 2. The fraction of sp³-hybridized carbons (Fsp3) is 0.417. The lowest BCUT2D eigenvalue weighted by Gasteiger charge is -2.24. The third-order valence-corrected chi connectivity index (χ3v) is 6.79. The zero-order valence-electron chi connectivity index (χ0n) is 17.7. The molecule has 160 valence electrons. The summed E-state index contributed by atoms with van der Waals surface area (Å²) in [5, 5.41) is 0.924. The maximum atomic E-state index is 13.8. The third kappa shape index (κ3) is 3.23. The highest BCUT2D eigenvalue weighted by Crippen LogP contribution is 2.36. The maximum absolute atomic E-state index is 13.8. The number of piperidine rings is 1. The van der Waals surface area contributed by atoms with Crippen LogP contribution in [0.4, 0.5) is 16.1 Å². The highest BCUT2D eigenvalue weighted by atomic mass is 19.1. The van der Waals surface area contributed by atoms with Gasteiger partial charge in [0.25, 0.3) is 6.01 Å². The number of fused-ring (bicyclic) bond motifs is 2. The molecule has 0 bridgehead atoms. The lowest BCUT2D eigenvalue weighted by Crippen LogP contribution is -2.29. The SMILES string of the molecule is Cn1cc(C2CCN(c3ccc4oc(N5CCCCC5)nc4c3)C2)c2cc(F)cnc21. The molecule has 31 heavy (non-hydrogen) atoms. The molecule has 0 radical (unpaired) electrons. The van der Waals surface area contributed by atoms with E-state index in [1.165, 1.54) is 31.0 Å². The second kappa shape index (κ2) is 7.25. The van der Waals surface area contributed by atoms with Crippen molar-refractivity contribution in [2.45, 2.75) is 31.6 Å². The van der Waals surface area contributed by atoms with Crippen molar-refractivity contribution in [2.75, 3.05) is 36.0 Å². The summed E-state index contributed by atoms with van der Waals surface area (Å²) >= 11 is 0. The zero-order chi connectivity index (χ0) is 20.9. The first-order valence-corrected chi connectivity index (χ1v) is 11.2. The van der Waals surface area contributed by atoms with Gasteiger partial charge in [-0.2, -0.15) is 4.98 Å². The number of nitrogens with zero attached hydrogens (tertiary/aromatic N) is 5. The minimum absolute atomic E-state index is 0.282. The molecule has 1 atom stereocenters. The Kier molecular flexibility index (Phi) is 4.37. The van der Waals surface area contributed by atoms with Gasteiger partial charge in [0.15, 0.2) is 5.58 Å². The minimum Gasteiger partial charge on any atom is -0.423 e. The largest absolute Gasteiger partial charge is 0.423 e. The molecule has 2 fully saturated rings. The predicted molar refractivity (Wildman–Crippen MR) is 120 cm³/mol. The average Bonchev–Trinajstić information content (AvgIpc) is 3.51. The van der Waals surface area contributed by atoms with E-state index in [1.807, 2.05) is 17.7 Å². The van der Waals surface area contributed by atoms with E-state index in [0.29, 0.717) is 5.92 Å². The molecule has 7 heteroatoms. The molecule has 1 aromatic carbocycles. The fourth-order valence-electron chi connectivity index (χ4n) is 5.16. The molecule has 2 aliphatic heterocycles. The molecule has 0 aliphatic carbocycles. The van der Waals surface area contributed by atoms with Crippen LogP contribution in [0.15, 0.2) is 41.1 Å². The average molecular weight is 420 g/mol. The number of halogens is 1. The van der Waals surface area contributed by atoms with E-state index in [1.54, 1.807) is 6.07 Å². The van der Waals surface area contributed by atoms with Gasteiger partial charge < -0.3 is 18.8 Å². The van der Waals surface area contributed by atoms with Crippen LogP contribution in [0.3, 0.4) is 0 Å². The van der Waals surface area contributed by atoms with Gasteiger partial charge in [-0.15, -0.1) is 0 Å². The number of aryl methyl sites for hydroxylation is 1. The molecule has 0 amide bonds. The molecular formula is C24H26FN5O. The summed E-state index contributed by atoms with van der Waals surface area (Å²) in [4.78, 5) is 13.7. The molecule has 2 saturated heterocycles. The number of oxazole rings is 1. The van der Waals surface area contributed by atoms with Crippen LogP contribution >= 0.6 is 0 Å². The predicted octanol–water partition coefficient (Wildman–Crippen LogP) is 4.84. The summed E-state index contributed by atoms with van der Waals surface area (Å²) in [6, 6.07) is 8.66. The van der Waals surface area contributed by atoms with Crippen LogP contribution in [0.2, 0.25) is 0 Å². The van der Waals surface area contributed by atoms with Gasteiger partial charge in [-0.1, -0.05) is 0 Å². The van der Waals surface area contributed by atoms with Crippen LogP contribution in [-0.4, -0.2) is 40.7 Å². The Morgan fingerprint density at radius 2 is 1.94 bits per heavy atom. The number of pyridine rings is 1. The van der Waals surface area contributed by atoms with E-state index < -0.39 is 0 Å². The van der Waals surface area contributed by atoms with Crippen molar-refractivity contribution in [3.8, 4) is 0 Å². The van der Waals surface area contributed by atoms with Crippen LogP contribution in [-0.2, 0) is 7.05 Å². The molecule has 0 saturated carbocycles. The summed E-state index contributed by atoms with van der Waals surface area (Å²) in [6.45, 7) is 3.91. The zero-order valence-corrected chi connectivity index (χ0v) is 17.7. The molecule has 0 spiro atoms. The molecule has 5 heterocycles. The normalized spacial score (nSPS) is 19.7. The molecule has 2 aliphatic rings. The number of rotatable bonds is 3. The van der Waals surface area contributed by atoms with Gasteiger partial charge in [-0.25, -0.2) is 9.37 Å². The molecular weight excluding hydrogens is 393 g/mol. The second-order valence-electron chi connectivity index (χ2n) is 8.85. The highest BCUT2D eigenvalue weighted by Gasteiger charge is 2.28. The summed E-state index contributed by atoms with van der Waals surface area (Å²) in [5.41, 5.74) is 4.94. The lowest BCUT2D eigenvalue weighted by molar-refractivity contribution is 0.509. The molecule has 1 unspecified atom stereocenters. The van der Waals surface area contributed by atoms with Crippen molar-refractivity contribution in [2.24, 2.45) is 7.05 Å². The van der Waals surface area contributed by atoms with Crippen molar-refractivity contribution in [3.63, 3.8) is 0 Å². The van der Waals surface area contributed by atoms with E-state index in [4.69, 9.17) is 9.40 Å². The Morgan fingerprint density at radius 3 is 2.81 bits per heavy atom. The highest BCUT2D eigenvalue weighted by molar-refractivity contribution is 5.82. The van der Waals surface area contributed by atoms with Gasteiger partial charge in [0.1, 0.15) is 17.0 Å².